The SMILES string of the molecule is ON=C1CCC(OCC2Cc3cc(F)ccc3O2)CC1. The number of halogens is 1. The van der Waals surface area contributed by atoms with Gasteiger partial charge in [-0.1, -0.05) is 5.16 Å². The molecule has 0 spiro atoms. The molecule has 1 aliphatic carbocycles. The molecule has 0 amide bonds. The molecule has 0 radical (unpaired) electrons. The van der Waals surface area contributed by atoms with E-state index in [9.17, 15) is 4.39 Å². The Morgan fingerprint density at radius 1 is 1.35 bits per heavy atom. The molecule has 3 rings (SSSR count). The lowest BCUT2D eigenvalue weighted by Crippen LogP contribution is -2.28. The van der Waals surface area contributed by atoms with Crippen LogP contribution in [0, 0.1) is 5.82 Å². The van der Waals surface area contributed by atoms with E-state index >= 15 is 0 Å². The third-order valence-corrected chi connectivity index (χ3v) is 3.93. The second kappa shape index (κ2) is 5.79. The Bertz CT molecular complexity index is 508. The fourth-order valence-corrected chi connectivity index (χ4v) is 2.82. The minimum Gasteiger partial charge on any atom is -0.487 e. The third-order valence-electron chi connectivity index (χ3n) is 3.93. The van der Waals surface area contributed by atoms with E-state index in [2.05, 4.69) is 5.16 Å². The van der Waals surface area contributed by atoms with Crippen molar-refractivity contribution in [3.8, 4) is 5.75 Å². The monoisotopic (exact) mass is 279 g/mol. The summed E-state index contributed by atoms with van der Waals surface area (Å²) in [4.78, 5) is 0. The van der Waals surface area contributed by atoms with Gasteiger partial charge in [0.05, 0.1) is 18.4 Å². The summed E-state index contributed by atoms with van der Waals surface area (Å²) in [7, 11) is 0. The Labute approximate surface area is 117 Å². The second-order valence-corrected chi connectivity index (χ2v) is 5.39. The van der Waals surface area contributed by atoms with E-state index < -0.39 is 0 Å². The number of hydrogen-bond acceptors (Lipinski definition) is 4. The van der Waals surface area contributed by atoms with Gasteiger partial charge >= 0.3 is 0 Å². The largest absolute Gasteiger partial charge is 0.487 e. The lowest BCUT2D eigenvalue weighted by Gasteiger charge is -2.24. The molecule has 0 aromatic heterocycles. The molecular weight excluding hydrogens is 261 g/mol. The van der Waals surface area contributed by atoms with Crippen LogP contribution in [0.2, 0.25) is 0 Å². The molecule has 4 nitrogen and oxygen atoms in total. The molecule has 1 unspecified atom stereocenters. The van der Waals surface area contributed by atoms with Gasteiger partial charge in [-0.2, -0.15) is 0 Å². The van der Waals surface area contributed by atoms with Crippen LogP contribution in [-0.4, -0.2) is 29.7 Å². The molecule has 1 fully saturated rings. The van der Waals surface area contributed by atoms with Gasteiger partial charge in [-0.05, 0) is 43.9 Å². The zero-order chi connectivity index (χ0) is 13.9. The molecule has 20 heavy (non-hydrogen) atoms. The Morgan fingerprint density at radius 3 is 2.90 bits per heavy atom. The average molecular weight is 279 g/mol. The summed E-state index contributed by atoms with van der Waals surface area (Å²) in [5.74, 6) is 0.537. The molecule has 1 saturated carbocycles. The summed E-state index contributed by atoms with van der Waals surface area (Å²) in [5.41, 5.74) is 1.77. The number of oxime groups is 1. The summed E-state index contributed by atoms with van der Waals surface area (Å²) in [6.07, 6.45) is 4.21. The summed E-state index contributed by atoms with van der Waals surface area (Å²) in [5, 5.41) is 12.0. The van der Waals surface area contributed by atoms with Crippen molar-refractivity contribution in [1.29, 1.82) is 0 Å². The van der Waals surface area contributed by atoms with Crippen molar-refractivity contribution >= 4 is 5.71 Å². The van der Waals surface area contributed by atoms with Crippen molar-refractivity contribution < 1.29 is 19.1 Å². The van der Waals surface area contributed by atoms with E-state index in [1.54, 1.807) is 6.07 Å². The highest BCUT2D eigenvalue weighted by molar-refractivity contribution is 5.84. The van der Waals surface area contributed by atoms with Gasteiger partial charge in [0.15, 0.2) is 0 Å². The molecule has 1 heterocycles. The zero-order valence-corrected chi connectivity index (χ0v) is 11.2. The van der Waals surface area contributed by atoms with Gasteiger partial charge in [0.1, 0.15) is 17.7 Å². The summed E-state index contributed by atoms with van der Waals surface area (Å²) < 4.78 is 24.7. The molecule has 1 N–H and O–H groups in total. The average Bonchev–Trinajstić information content (AvgIpc) is 2.87. The van der Waals surface area contributed by atoms with Crippen LogP contribution in [0.5, 0.6) is 5.75 Å². The van der Waals surface area contributed by atoms with Crippen LogP contribution in [-0.2, 0) is 11.2 Å². The van der Waals surface area contributed by atoms with E-state index in [4.69, 9.17) is 14.7 Å². The summed E-state index contributed by atoms with van der Waals surface area (Å²) in [6.45, 7) is 0.520. The van der Waals surface area contributed by atoms with Crippen molar-refractivity contribution in [3.63, 3.8) is 0 Å². The van der Waals surface area contributed by atoms with Crippen molar-refractivity contribution in [1.82, 2.24) is 0 Å². The number of rotatable bonds is 3. The maximum absolute atomic E-state index is 13.1. The van der Waals surface area contributed by atoms with Crippen LogP contribution in [0.15, 0.2) is 23.4 Å². The van der Waals surface area contributed by atoms with E-state index in [0.29, 0.717) is 13.0 Å². The highest BCUT2D eigenvalue weighted by Gasteiger charge is 2.25. The molecule has 5 heteroatoms. The number of nitrogens with zero attached hydrogens (tertiary/aromatic N) is 1. The highest BCUT2D eigenvalue weighted by Crippen LogP contribution is 2.30. The smallest absolute Gasteiger partial charge is 0.126 e. The number of hydrogen-bond donors (Lipinski definition) is 1. The molecule has 108 valence electrons. The minimum atomic E-state index is -0.225. The van der Waals surface area contributed by atoms with Gasteiger partial charge in [-0.15, -0.1) is 0 Å². The van der Waals surface area contributed by atoms with Crippen LogP contribution < -0.4 is 4.74 Å². The maximum atomic E-state index is 13.1. The van der Waals surface area contributed by atoms with Crippen molar-refractivity contribution in [3.05, 3.63) is 29.6 Å². The third kappa shape index (κ3) is 2.93. The lowest BCUT2D eigenvalue weighted by molar-refractivity contribution is -0.00232. The van der Waals surface area contributed by atoms with Crippen LogP contribution in [0.4, 0.5) is 4.39 Å². The van der Waals surface area contributed by atoms with Gasteiger partial charge in [-0.3, -0.25) is 0 Å². The normalized spacial score (nSPS) is 25.1. The summed E-state index contributed by atoms with van der Waals surface area (Å²) >= 11 is 0. The van der Waals surface area contributed by atoms with Crippen LogP contribution in [0.1, 0.15) is 31.2 Å². The molecule has 1 atom stereocenters. The molecular formula is C15H18FNO3. The Kier molecular flexibility index (Phi) is 3.87. The lowest BCUT2D eigenvalue weighted by atomic mass is 9.96. The highest BCUT2D eigenvalue weighted by atomic mass is 19.1. The van der Waals surface area contributed by atoms with E-state index in [1.165, 1.54) is 12.1 Å². The van der Waals surface area contributed by atoms with Crippen LogP contribution in [0.3, 0.4) is 0 Å². The fourth-order valence-electron chi connectivity index (χ4n) is 2.82. The Morgan fingerprint density at radius 2 is 2.15 bits per heavy atom. The van der Waals surface area contributed by atoms with Crippen molar-refractivity contribution in [2.24, 2.45) is 5.16 Å². The predicted octanol–water partition coefficient (Wildman–Crippen LogP) is 2.92. The Balaban J connectivity index is 1.47. The first-order valence-electron chi connectivity index (χ1n) is 7.01. The zero-order valence-electron chi connectivity index (χ0n) is 11.2. The first-order valence-corrected chi connectivity index (χ1v) is 7.01. The van der Waals surface area contributed by atoms with Crippen LogP contribution in [0.25, 0.3) is 0 Å². The van der Waals surface area contributed by atoms with Gasteiger partial charge in [0.25, 0.3) is 0 Å². The fraction of sp³-hybridized carbons (Fsp3) is 0.533. The van der Waals surface area contributed by atoms with E-state index in [1.807, 2.05) is 0 Å². The molecule has 1 aromatic carbocycles. The number of fused-ring (bicyclic) bond motifs is 1. The number of benzene rings is 1. The standard InChI is InChI=1S/C15H18FNO3/c16-11-1-6-15-10(7-11)8-14(20-15)9-19-13-4-2-12(17-18)3-5-13/h1,6-7,13-14,18H,2-5,8-9H2. The van der Waals surface area contributed by atoms with Gasteiger partial charge < -0.3 is 14.7 Å². The second-order valence-electron chi connectivity index (χ2n) is 5.39. The van der Waals surface area contributed by atoms with Crippen molar-refractivity contribution in [2.45, 2.75) is 44.3 Å². The van der Waals surface area contributed by atoms with E-state index in [0.717, 1.165) is 42.7 Å². The summed E-state index contributed by atoms with van der Waals surface area (Å²) in [6, 6.07) is 4.62. The topological polar surface area (TPSA) is 51.1 Å². The Hall–Kier alpha value is -1.62. The van der Waals surface area contributed by atoms with Gasteiger partial charge in [0, 0.05) is 12.0 Å². The first-order chi connectivity index (χ1) is 9.74. The van der Waals surface area contributed by atoms with Crippen molar-refractivity contribution in [2.75, 3.05) is 6.61 Å². The quantitative estimate of drug-likeness (QED) is 0.683. The minimum absolute atomic E-state index is 0.0281. The predicted molar refractivity (Wildman–Crippen MR) is 71.9 cm³/mol. The van der Waals surface area contributed by atoms with Gasteiger partial charge in [0.2, 0.25) is 0 Å². The molecule has 1 aromatic rings. The van der Waals surface area contributed by atoms with E-state index in [-0.39, 0.29) is 18.0 Å². The molecule has 0 bridgehead atoms. The van der Waals surface area contributed by atoms with Crippen LogP contribution >= 0.6 is 0 Å². The van der Waals surface area contributed by atoms with Gasteiger partial charge in [-0.25, -0.2) is 4.39 Å². The molecule has 2 aliphatic rings. The molecule has 0 saturated heterocycles. The number of ether oxygens (including phenoxy) is 2. The first kappa shape index (κ1) is 13.4. The maximum Gasteiger partial charge on any atom is 0.126 e. The molecule has 1 aliphatic heterocycles.